The monoisotopic (exact) mass is 276 g/mol. The molecule has 0 aromatic heterocycles. The highest BCUT2D eigenvalue weighted by molar-refractivity contribution is 5.53. The number of benzene rings is 1. The summed E-state index contributed by atoms with van der Waals surface area (Å²) in [5.74, 6) is 1.09. The molecule has 0 aliphatic carbocycles. The van der Waals surface area contributed by atoms with Gasteiger partial charge in [0.05, 0.1) is 0 Å². The molecule has 20 heavy (non-hydrogen) atoms. The van der Waals surface area contributed by atoms with Crippen LogP contribution in [-0.2, 0) is 0 Å². The first kappa shape index (κ1) is 15.2. The fourth-order valence-corrected chi connectivity index (χ4v) is 3.17. The topological polar surface area (TPSA) is 35.5 Å². The maximum Gasteiger partial charge on any atom is 0.115 e. The largest absolute Gasteiger partial charge is 0.508 e. The van der Waals surface area contributed by atoms with Gasteiger partial charge in [-0.3, -0.25) is 0 Å². The number of nitrogens with one attached hydrogen (secondary N) is 1. The number of aryl methyl sites for hydroxylation is 1. The number of hydrogen-bond donors (Lipinski definition) is 2. The van der Waals surface area contributed by atoms with Gasteiger partial charge in [-0.2, -0.15) is 0 Å². The fourth-order valence-electron chi connectivity index (χ4n) is 3.17. The molecule has 2 rings (SSSR count). The number of anilines is 1. The lowest BCUT2D eigenvalue weighted by Crippen LogP contribution is -2.39. The average Bonchev–Trinajstić information content (AvgIpc) is 2.43. The summed E-state index contributed by atoms with van der Waals surface area (Å²) in [4.78, 5) is 2.58. The van der Waals surface area contributed by atoms with E-state index < -0.39 is 0 Å². The molecular weight excluding hydrogens is 248 g/mol. The van der Waals surface area contributed by atoms with Gasteiger partial charge in [-0.1, -0.05) is 6.92 Å². The van der Waals surface area contributed by atoms with Crippen molar-refractivity contribution in [2.75, 3.05) is 25.0 Å². The van der Waals surface area contributed by atoms with Crippen LogP contribution in [0, 0.1) is 12.8 Å². The van der Waals surface area contributed by atoms with E-state index in [0.717, 1.165) is 17.2 Å². The fraction of sp³-hybridized carbons (Fsp3) is 0.647. The number of phenolic OH excluding ortho intramolecular Hbond substituents is 1. The van der Waals surface area contributed by atoms with E-state index in [1.165, 1.54) is 38.9 Å². The average molecular weight is 276 g/mol. The van der Waals surface area contributed by atoms with Crippen LogP contribution in [0.3, 0.4) is 0 Å². The van der Waals surface area contributed by atoms with E-state index >= 15 is 0 Å². The summed E-state index contributed by atoms with van der Waals surface area (Å²) >= 11 is 0. The SMILES string of the molecule is CCCN1CCC(C(C)Nc2ccc(O)cc2C)CC1. The van der Waals surface area contributed by atoms with Crippen molar-refractivity contribution in [3.63, 3.8) is 0 Å². The maximum absolute atomic E-state index is 9.47. The molecule has 1 fully saturated rings. The molecule has 0 bridgehead atoms. The molecule has 1 saturated heterocycles. The van der Waals surface area contributed by atoms with Crippen LogP contribution in [-0.4, -0.2) is 35.7 Å². The summed E-state index contributed by atoms with van der Waals surface area (Å²) < 4.78 is 0. The van der Waals surface area contributed by atoms with Crippen LogP contribution in [0.25, 0.3) is 0 Å². The second kappa shape index (κ2) is 6.98. The van der Waals surface area contributed by atoms with Crippen LogP contribution in [0.1, 0.15) is 38.7 Å². The Bertz CT molecular complexity index is 425. The first-order chi connectivity index (χ1) is 9.60. The Balaban J connectivity index is 1.87. The van der Waals surface area contributed by atoms with Gasteiger partial charge in [0.2, 0.25) is 0 Å². The third-order valence-corrected chi connectivity index (χ3v) is 4.47. The highest BCUT2D eigenvalue weighted by atomic mass is 16.3. The minimum Gasteiger partial charge on any atom is -0.508 e. The summed E-state index contributed by atoms with van der Waals surface area (Å²) in [7, 11) is 0. The Morgan fingerprint density at radius 3 is 2.65 bits per heavy atom. The lowest BCUT2D eigenvalue weighted by Gasteiger charge is -2.35. The van der Waals surface area contributed by atoms with Crippen LogP contribution < -0.4 is 5.32 Å². The number of rotatable bonds is 5. The molecule has 1 unspecified atom stereocenters. The van der Waals surface area contributed by atoms with Crippen LogP contribution in [0.4, 0.5) is 5.69 Å². The Hall–Kier alpha value is -1.22. The minimum absolute atomic E-state index is 0.341. The second-order valence-electron chi connectivity index (χ2n) is 6.11. The number of nitrogens with zero attached hydrogens (tertiary/aromatic N) is 1. The van der Waals surface area contributed by atoms with Crippen molar-refractivity contribution < 1.29 is 5.11 Å². The standard InChI is InChI=1S/C17H28N2O/c1-4-9-19-10-7-15(8-11-19)14(3)18-17-6-5-16(20)12-13(17)2/h5-6,12,14-15,18,20H,4,7-11H2,1-3H3. The Morgan fingerprint density at radius 2 is 2.05 bits per heavy atom. The summed E-state index contributed by atoms with van der Waals surface area (Å²) in [5.41, 5.74) is 2.26. The maximum atomic E-state index is 9.47. The molecule has 1 aliphatic heterocycles. The summed E-state index contributed by atoms with van der Waals surface area (Å²) in [6.07, 6.45) is 3.82. The molecule has 3 nitrogen and oxygen atoms in total. The second-order valence-corrected chi connectivity index (χ2v) is 6.11. The van der Waals surface area contributed by atoms with Crippen molar-refractivity contribution in [3.05, 3.63) is 23.8 Å². The predicted octanol–water partition coefficient (Wildman–Crippen LogP) is 3.62. The summed E-state index contributed by atoms with van der Waals surface area (Å²) in [6.45, 7) is 10.3. The van der Waals surface area contributed by atoms with Gasteiger partial charge < -0.3 is 15.3 Å². The van der Waals surface area contributed by atoms with Gasteiger partial charge in [-0.15, -0.1) is 0 Å². The van der Waals surface area contributed by atoms with Crippen molar-refractivity contribution in [2.45, 2.75) is 46.1 Å². The van der Waals surface area contributed by atoms with Gasteiger partial charge in [-0.05, 0) is 82.4 Å². The minimum atomic E-state index is 0.341. The molecule has 1 aromatic rings. The molecule has 1 aromatic carbocycles. The number of aromatic hydroxyl groups is 1. The molecule has 0 spiro atoms. The van der Waals surface area contributed by atoms with E-state index in [9.17, 15) is 5.11 Å². The molecule has 112 valence electrons. The Kier molecular flexibility index (Phi) is 5.30. The highest BCUT2D eigenvalue weighted by Gasteiger charge is 2.23. The van der Waals surface area contributed by atoms with Crippen molar-refractivity contribution in [2.24, 2.45) is 5.92 Å². The Morgan fingerprint density at radius 1 is 1.35 bits per heavy atom. The molecule has 3 heteroatoms. The zero-order valence-corrected chi connectivity index (χ0v) is 13.0. The molecule has 1 heterocycles. The first-order valence-electron chi connectivity index (χ1n) is 7.88. The van der Waals surface area contributed by atoms with Crippen LogP contribution in [0.15, 0.2) is 18.2 Å². The predicted molar refractivity (Wildman–Crippen MR) is 85.4 cm³/mol. The third kappa shape index (κ3) is 3.89. The molecular formula is C17H28N2O. The van der Waals surface area contributed by atoms with Crippen LogP contribution >= 0.6 is 0 Å². The first-order valence-corrected chi connectivity index (χ1v) is 7.88. The van der Waals surface area contributed by atoms with Gasteiger partial charge in [-0.25, -0.2) is 0 Å². The number of likely N-dealkylation sites (tertiary alicyclic amines) is 1. The van der Waals surface area contributed by atoms with E-state index in [1.54, 1.807) is 6.07 Å². The van der Waals surface area contributed by atoms with Crippen LogP contribution in [0.2, 0.25) is 0 Å². The van der Waals surface area contributed by atoms with Gasteiger partial charge in [0.25, 0.3) is 0 Å². The van der Waals surface area contributed by atoms with Crippen molar-refractivity contribution in [1.29, 1.82) is 0 Å². The lowest BCUT2D eigenvalue weighted by molar-refractivity contribution is 0.176. The molecule has 1 aliphatic rings. The smallest absolute Gasteiger partial charge is 0.115 e. The highest BCUT2D eigenvalue weighted by Crippen LogP contribution is 2.26. The Labute approximate surface area is 123 Å². The summed E-state index contributed by atoms with van der Waals surface area (Å²) in [6, 6.07) is 6.04. The summed E-state index contributed by atoms with van der Waals surface area (Å²) in [5, 5.41) is 13.1. The third-order valence-electron chi connectivity index (χ3n) is 4.47. The molecule has 2 N–H and O–H groups in total. The quantitative estimate of drug-likeness (QED) is 0.806. The zero-order chi connectivity index (χ0) is 14.5. The van der Waals surface area contributed by atoms with Gasteiger partial charge >= 0.3 is 0 Å². The number of hydrogen-bond acceptors (Lipinski definition) is 3. The van der Waals surface area contributed by atoms with E-state index in [0.29, 0.717) is 11.8 Å². The van der Waals surface area contributed by atoms with E-state index in [4.69, 9.17) is 0 Å². The van der Waals surface area contributed by atoms with Crippen molar-refractivity contribution >= 4 is 5.69 Å². The lowest BCUT2D eigenvalue weighted by atomic mass is 9.90. The van der Waals surface area contributed by atoms with Gasteiger partial charge in [0, 0.05) is 11.7 Å². The van der Waals surface area contributed by atoms with Gasteiger partial charge in [0.15, 0.2) is 0 Å². The molecule has 0 saturated carbocycles. The number of phenols is 1. The molecule has 1 atom stereocenters. The zero-order valence-electron chi connectivity index (χ0n) is 13.0. The van der Waals surface area contributed by atoms with Gasteiger partial charge in [0.1, 0.15) is 5.75 Å². The van der Waals surface area contributed by atoms with E-state index in [-0.39, 0.29) is 0 Å². The van der Waals surface area contributed by atoms with Crippen molar-refractivity contribution in [3.8, 4) is 5.75 Å². The molecule has 0 radical (unpaired) electrons. The van der Waals surface area contributed by atoms with Crippen LogP contribution in [0.5, 0.6) is 5.75 Å². The molecule has 0 amide bonds. The number of piperidine rings is 1. The van der Waals surface area contributed by atoms with E-state index in [2.05, 4.69) is 24.1 Å². The van der Waals surface area contributed by atoms with E-state index in [1.807, 2.05) is 19.1 Å². The normalized spacial score (nSPS) is 18.9. The van der Waals surface area contributed by atoms with Crippen molar-refractivity contribution in [1.82, 2.24) is 4.90 Å².